The van der Waals surface area contributed by atoms with Crippen LogP contribution in [-0.4, -0.2) is 64.6 Å². The Kier molecular flexibility index (Phi) is 6.96. The molecule has 0 radical (unpaired) electrons. The van der Waals surface area contributed by atoms with Crippen LogP contribution < -0.4 is 9.46 Å². The molecule has 1 aliphatic heterocycles. The number of nitrogens with zero attached hydrogens (tertiary/aromatic N) is 1. The van der Waals surface area contributed by atoms with Gasteiger partial charge in [-0.05, 0) is 31.0 Å². The fourth-order valence-electron chi connectivity index (χ4n) is 3.51. The van der Waals surface area contributed by atoms with Gasteiger partial charge in [-0.25, -0.2) is 17.9 Å². The van der Waals surface area contributed by atoms with Gasteiger partial charge < -0.3 is 19.1 Å². The molecule has 176 valence electrons. The number of amides is 1. The minimum absolute atomic E-state index is 0.00248. The molecule has 0 unspecified atom stereocenters. The summed E-state index contributed by atoms with van der Waals surface area (Å²) in [7, 11) is -2.52. The quantitative estimate of drug-likeness (QED) is 0.582. The Labute approximate surface area is 192 Å². The lowest BCUT2D eigenvalue weighted by molar-refractivity contribution is -0.145. The van der Waals surface area contributed by atoms with Crippen molar-refractivity contribution in [3.63, 3.8) is 0 Å². The third-order valence-corrected chi connectivity index (χ3v) is 7.00. The molecule has 9 nitrogen and oxygen atoms in total. The van der Waals surface area contributed by atoms with Gasteiger partial charge in [-0.1, -0.05) is 30.3 Å². The number of hydrogen-bond donors (Lipinski definition) is 1. The zero-order valence-corrected chi connectivity index (χ0v) is 19.0. The summed E-state index contributed by atoms with van der Waals surface area (Å²) in [5.74, 6) is -1.05. The largest absolute Gasteiger partial charge is 0.495 e. The predicted octanol–water partition coefficient (Wildman–Crippen LogP) is 1.89. The van der Waals surface area contributed by atoms with Gasteiger partial charge in [0.05, 0.1) is 25.9 Å². The number of methoxy groups -OCH3 is 1. The van der Waals surface area contributed by atoms with Crippen LogP contribution in [0.25, 0.3) is 0 Å². The minimum Gasteiger partial charge on any atom is -0.495 e. The third kappa shape index (κ3) is 5.52. The molecule has 2 fully saturated rings. The molecule has 1 heterocycles. The molecule has 2 aliphatic rings. The molecule has 1 amide bonds. The second-order valence-corrected chi connectivity index (χ2v) is 9.58. The van der Waals surface area contributed by atoms with E-state index in [2.05, 4.69) is 4.72 Å². The maximum absolute atomic E-state index is 13.2. The third-order valence-electron chi connectivity index (χ3n) is 5.46. The fraction of sp³-hybridized carbons (Fsp3) is 0.391. The molecule has 2 aromatic rings. The average molecular weight is 475 g/mol. The highest BCUT2D eigenvalue weighted by molar-refractivity contribution is 7.89. The molecule has 4 rings (SSSR count). The van der Waals surface area contributed by atoms with Crippen LogP contribution in [0.1, 0.15) is 34.9 Å². The van der Waals surface area contributed by atoms with Crippen molar-refractivity contribution < 1.29 is 32.2 Å². The van der Waals surface area contributed by atoms with Crippen LogP contribution in [0.15, 0.2) is 53.4 Å². The Balaban J connectivity index is 1.61. The van der Waals surface area contributed by atoms with Gasteiger partial charge in [-0.15, -0.1) is 0 Å². The number of morpholine rings is 1. The van der Waals surface area contributed by atoms with Gasteiger partial charge in [-0.2, -0.15) is 0 Å². The van der Waals surface area contributed by atoms with Crippen molar-refractivity contribution in [2.24, 2.45) is 0 Å². The SMILES string of the molecule is COc1ccc(C(=O)O[C@@H](C(=O)N2CCOCC2)c2ccccc2)cc1S(=O)(=O)NC1CC1. The maximum atomic E-state index is 13.2. The Morgan fingerprint density at radius 1 is 1.09 bits per heavy atom. The van der Waals surface area contributed by atoms with Gasteiger partial charge in [0.2, 0.25) is 16.1 Å². The highest BCUT2D eigenvalue weighted by Gasteiger charge is 2.33. The maximum Gasteiger partial charge on any atom is 0.339 e. The molecule has 1 saturated heterocycles. The van der Waals surface area contributed by atoms with Crippen LogP contribution in [0, 0.1) is 0 Å². The van der Waals surface area contributed by atoms with Crippen molar-refractivity contribution in [1.29, 1.82) is 0 Å². The molecule has 0 aromatic heterocycles. The molecule has 1 saturated carbocycles. The molecular formula is C23H26N2O7S. The molecule has 10 heteroatoms. The Hall–Kier alpha value is -2.95. The van der Waals surface area contributed by atoms with E-state index in [0.29, 0.717) is 31.9 Å². The van der Waals surface area contributed by atoms with E-state index in [1.165, 1.54) is 25.3 Å². The Morgan fingerprint density at radius 2 is 1.79 bits per heavy atom. The van der Waals surface area contributed by atoms with Crippen LogP contribution in [0.4, 0.5) is 0 Å². The molecule has 0 bridgehead atoms. The van der Waals surface area contributed by atoms with Gasteiger partial charge in [0.15, 0.2) is 0 Å². The van der Waals surface area contributed by atoms with E-state index < -0.39 is 22.1 Å². The lowest BCUT2D eigenvalue weighted by atomic mass is 10.1. The molecular weight excluding hydrogens is 448 g/mol. The summed E-state index contributed by atoms with van der Waals surface area (Å²) >= 11 is 0. The average Bonchev–Trinajstić information content (AvgIpc) is 3.66. The van der Waals surface area contributed by atoms with Crippen LogP contribution in [0.2, 0.25) is 0 Å². The first-order chi connectivity index (χ1) is 15.9. The summed E-state index contributed by atoms with van der Waals surface area (Å²) in [6.07, 6.45) is 0.376. The van der Waals surface area contributed by atoms with E-state index in [9.17, 15) is 18.0 Å². The molecule has 1 N–H and O–H groups in total. The summed E-state index contributed by atoms with van der Waals surface area (Å²) in [5.41, 5.74) is 0.529. The van der Waals surface area contributed by atoms with Gasteiger partial charge in [0.25, 0.3) is 5.91 Å². The smallest absolute Gasteiger partial charge is 0.339 e. The van der Waals surface area contributed by atoms with E-state index in [-0.39, 0.29) is 28.2 Å². The topological polar surface area (TPSA) is 111 Å². The number of carbonyl (C=O) groups is 2. The second kappa shape index (κ2) is 9.90. The molecule has 2 aromatic carbocycles. The van der Waals surface area contributed by atoms with Crippen LogP contribution in [-0.2, 0) is 24.3 Å². The molecule has 1 aliphatic carbocycles. The first-order valence-electron chi connectivity index (χ1n) is 10.7. The predicted molar refractivity (Wildman–Crippen MR) is 118 cm³/mol. The summed E-state index contributed by atoms with van der Waals surface area (Å²) in [6, 6.07) is 12.7. The van der Waals surface area contributed by atoms with E-state index in [1.54, 1.807) is 35.2 Å². The number of nitrogens with one attached hydrogen (secondary N) is 1. The number of hydrogen-bond acceptors (Lipinski definition) is 7. The molecule has 1 atom stereocenters. The Bertz CT molecular complexity index is 1110. The van der Waals surface area contributed by atoms with Crippen molar-refractivity contribution in [2.45, 2.75) is 29.9 Å². The highest BCUT2D eigenvalue weighted by Crippen LogP contribution is 2.29. The first-order valence-corrected chi connectivity index (χ1v) is 12.2. The van der Waals surface area contributed by atoms with Crippen LogP contribution in [0.3, 0.4) is 0 Å². The van der Waals surface area contributed by atoms with E-state index in [1.807, 2.05) is 0 Å². The van der Waals surface area contributed by atoms with Gasteiger partial charge in [0, 0.05) is 24.7 Å². The van der Waals surface area contributed by atoms with Crippen LogP contribution >= 0.6 is 0 Å². The monoisotopic (exact) mass is 474 g/mol. The zero-order chi connectivity index (χ0) is 23.4. The molecule has 33 heavy (non-hydrogen) atoms. The summed E-state index contributed by atoms with van der Waals surface area (Å²) < 4.78 is 44.3. The van der Waals surface area contributed by atoms with E-state index in [4.69, 9.17) is 14.2 Å². The lowest BCUT2D eigenvalue weighted by Crippen LogP contribution is -2.44. The number of sulfonamides is 1. The normalized spacial score (nSPS) is 17.3. The van der Waals surface area contributed by atoms with Crippen LogP contribution in [0.5, 0.6) is 5.75 Å². The number of ether oxygens (including phenoxy) is 3. The van der Waals surface area contributed by atoms with Crippen molar-refractivity contribution >= 4 is 21.9 Å². The van der Waals surface area contributed by atoms with Crippen molar-refractivity contribution in [3.05, 3.63) is 59.7 Å². The number of esters is 1. The zero-order valence-electron chi connectivity index (χ0n) is 18.2. The summed E-state index contributed by atoms with van der Waals surface area (Å²) in [5, 5.41) is 0. The van der Waals surface area contributed by atoms with Gasteiger partial charge in [-0.3, -0.25) is 4.79 Å². The summed E-state index contributed by atoms with van der Waals surface area (Å²) in [6.45, 7) is 1.62. The highest BCUT2D eigenvalue weighted by atomic mass is 32.2. The van der Waals surface area contributed by atoms with E-state index >= 15 is 0 Å². The number of rotatable bonds is 8. The fourth-order valence-corrected chi connectivity index (χ4v) is 5.01. The lowest BCUT2D eigenvalue weighted by Gasteiger charge is -2.30. The number of carbonyl (C=O) groups excluding carboxylic acids is 2. The van der Waals surface area contributed by atoms with E-state index in [0.717, 1.165) is 12.8 Å². The minimum atomic E-state index is -3.88. The summed E-state index contributed by atoms with van der Waals surface area (Å²) in [4.78, 5) is 27.7. The van der Waals surface area contributed by atoms with Crippen molar-refractivity contribution in [1.82, 2.24) is 9.62 Å². The second-order valence-electron chi connectivity index (χ2n) is 7.89. The van der Waals surface area contributed by atoms with Crippen molar-refractivity contribution in [3.8, 4) is 5.75 Å². The van der Waals surface area contributed by atoms with Gasteiger partial charge >= 0.3 is 5.97 Å². The number of benzene rings is 2. The molecule has 0 spiro atoms. The van der Waals surface area contributed by atoms with Crippen molar-refractivity contribution in [2.75, 3.05) is 33.4 Å². The Morgan fingerprint density at radius 3 is 2.42 bits per heavy atom. The van der Waals surface area contributed by atoms with Gasteiger partial charge in [0.1, 0.15) is 10.6 Å². The standard InChI is InChI=1S/C23H26N2O7S/c1-30-19-10-7-17(15-20(19)33(28,29)24-18-8-9-18)23(27)32-21(16-5-3-2-4-6-16)22(26)25-11-13-31-14-12-25/h2-7,10,15,18,21,24H,8-9,11-14H2,1H3/t21-/m1/s1. The first kappa shape index (κ1) is 23.2.